The van der Waals surface area contributed by atoms with E-state index in [1.54, 1.807) is 31.5 Å². The van der Waals surface area contributed by atoms with Crippen molar-refractivity contribution < 1.29 is 23.8 Å². The lowest BCUT2D eigenvalue weighted by Crippen LogP contribution is -2.07. The summed E-state index contributed by atoms with van der Waals surface area (Å²) in [7, 11) is -1.36. The number of unbranched alkanes of at least 4 members (excludes halogenated alkanes) is 1. The average molecular weight is 381 g/mol. The minimum Gasteiger partial charge on any atom is -0.504 e. The molecule has 0 radical (unpaired) electrons. The average Bonchev–Trinajstić information content (AvgIpc) is 2.64. The summed E-state index contributed by atoms with van der Waals surface area (Å²) in [5, 5.41) is 9.88. The van der Waals surface area contributed by atoms with Crippen molar-refractivity contribution in [3.63, 3.8) is 0 Å². The molecule has 0 aliphatic carbocycles. The van der Waals surface area contributed by atoms with Gasteiger partial charge in [-0.15, -0.1) is 9.42 Å². The Morgan fingerprint density at radius 1 is 1.23 bits per heavy atom. The smallest absolute Gasteiger partial charge is 0.504 e. The Labute approximate surface area is 155 Å². The second-order valence-electron chi connectivity index (χ2n) is 5.62. The van der Waals surface area contributed by atoms with E-state index < -0.39 is 14.4 Å². The third-order valence-corrected chi connectivity index (χ3v) is 4.04. The monoisotopic (exact) mass is 381 g/mol. The van der Waals surface area contributed by atoms with Crippen LogP contribution in [0.1, 0.15) is 49.6 Å². The van der Waals surface area contributed by atoms with Gasteiger partial charge in [-0.05, 0) is 30.2 Å². The maximum absolute atomic E-state index is 11.1. The van der Waals surface area contributed by atoms with Crippen LogP contribution in [0.2, 0.25) is 0 Å². The number of aromatic nitrogens is 2. The summed E-state index contributed by atoms with van der Waals surface area (Å²) in [6, 6.07) is 3.25. The fourth-order valence-electron chi connectivity index (χ4n) is 2.07. The van der Waals surface area contributed by atoms with Crippen molar-refractivity contribution in [2.45, 2.75) is 46.1 Å². The second-order valence-corrected chi connectivity index (χ2v) is 6.31. The first-order valence-corrected chi connectivity index (χ1v) is 9.51. The van der Waals surface area contributed by atoms with E-state index in [9.17, 15) is 9.67 Å². The Hall–Kier alpha value is -2.08. The summed E-state index contributed by atoms with van der Waals surface area (Å²) in [5.41, 5.74) is 1.81. The van der Waals surface area contributed by atoms with Gasteiger partial charge in [0.15, 0.2) is 11.5 Å². The fourth-order valence-corrected chi connectivity index (χ4v) is 2.48. The van der Waals surface area contributed by atoms with E-state index in [1.165, 1.54) is 26.1 Å². The van der Waals surface area contributed by atoms with Gasteiger partial charge in [-0.2, -0.15) is 0 Å². The SMILES string of the molecule is CCCC.COc1cc(C(Cc2cnccn2)O[P+](=O)O)cc(C)c1O. The number of methoxy groups -OCH3 is 1. The summed E-state index contributed by atoms with van der Waals surface area (Å²) < 4.78 is 21.3. The lowest BCUT2D eigenvalue weighted by atomic mass is 10.0. The van der Waals surface area contributed by atoms with Crippen LogP contribution in [-0.4, -0.2) is 27.1 Å². The van der Waals surface area contributed by atoms with E-state index in [1.807, 2.05) is 0 Å². The molecular weight excluding hydrogens is 355 g/mol. The highest BCUT2D eigenvalue weighted by Crippen LogP contribution is 2.37. The van der Waals surface area contributed by atoms with Crippen LogP contribution in [0, 0.1) is 6.92 Å². The van der Waals surface area contributed by atoms with E-state index in [2.05, 4.69) is 23.8 Å². The van der Waals surface area contributed by atoms with Crippen LogP contribution in [0.25, 0.3) is 0 Å². The maximum atomic E-state index is 11.1. The molecule has 2 aromatic rings. The normalized spacial score (nSPS) is 12.0. The van der Waals surface area contributed by atoms with Gasteiger partial charge in [0.25, 0.3) is 0 Å². The van der Waals surface area contributed by atoms with Crippen molar-refractivity contribution in [1.82, 2.24) is 9.97 Å². The standard InChI is InChI=1S/C14H15N2O5P.C4H10/c1-9-5-10(6-13(20-2)14(9)17)12(21-22(18)19)7-11-8-15-3-4-16-11;1-3-4-2/h3-6,8,12H,7H2,1-2H3,(H-,17,18,19);3-4H2,1-2H3/p+1. The van der Waals surface area contributed by atoms with Crippen LogP contribution in [0.4, 0.5) is 0 Å². The number of phenols is 1. The van der Waals surface area contributed by atoms with Gasteiger partial charge in [0.05, 0.1) is 12.8 Å². The first-order valence-electron chi connectivity index (χ1n) is 8.38. The quantitative estimate of drug-likeness (QED) is 0.691. The van der Waals surface area contributed by atoms with Crippen molar-refractivity contribution in [2.75, 3.05) is 7.11 Å². The van der Waals surface area contributed by atoms with E-state index in [4.69, 9.17) is 14.2 Å². The summed E-state index contributed by atoms with van der Waals surface area (Å²) in [5.74, 6) is 0.300. The van der Waals surface area contributed by atoms with Gasteiger partial charge >= 0.3 is 8.25 Å². The van der Waals surface area contributed by atoms with Crippen molar-refractivity contribution >= 4 is 8.25 Å². The lowest BCUT2D eigenvalue weighted by molar-refractivity contribution is 0.189. The maximum Gasteiger partial charge on any atom is 0.695 e. The molecule has 0 aliphatic heterocycles. The predicted octanol–water partition coefficient (Wildman–Crippen LogP) is 4.26. The molecule has 0 bridgehead atoms. The Bertz CT molecular complexity index is 695. The lowest BCUT2D eigenvalue weighted by Gasteiger charge is -2.14. The first kappa shape index (κ1) is 22.0. The molecule has 1 aromatic heterocycles. The predicted molar refractivity (Wildman–Crippen MR) is 99.4 cm³/mol. The topological polar surface area (TPSA) is 102 Å². The van der Waals surface area contributed by atoms with E-state index >= 15 is 0 Å². The van der Waals surface area contributed by atoms with E-state index in [-0.39, 0.29) is 17.9 Å². The molecule has 26 heavy (non-hydrogen) atoms. The molecule has 2 atom stereocenters. The molecule has 0 aliphatic rings. The van der Waals surface area contributed by atoms with Gasteiger partial charge in [-0.25, -0.2) is 0 Å². The molecule has 1 aromatic carbocycles. The second kappa shape index (κ2) is 11.5. The molecular formula is C18H26N2O5P+. The zero-order valence-electron chi connectivity index (χ0n) is 15.5. The number of aromatic hydroxyl groups is 1. The third kappa shape index (κ3) is 7.04. The van der Waals surface area contributed by atoms with Crippen molar-refractivity contribution in [2.24, 2.45) is 0 Å². The number of nitrogens with zero attached hydrogens (tertiary/aromatic N) is 2. The summed E-state index contributed by atoms with van der Waals surface area (Å²) >= 11 is 0. The van der Waals surface area contributed by atoms with Gasteiger partial charge in [-0.3, -0.25) is 9.97 Å². The van der Waals surface area contributed by atoms with Crippen LogP contribution in [-0.2, 0) is 15.5 Å². The highest BCUT2D eigenvalue weighted by molar-refractivity contribution is 7.32. The highest BCUT2D eigenvalue weighted by Gasteiger charge is 2.27. The summed E-state index contributed by atoms with van der Waals surface area (Å²) in [4.78, 5) is 17.2. The number of phenolic OH excluding ortho intramolecular Hbond substituents is 1. The molecule has 0 saturated heterocycles. The highest BCUT2D eigenvalue weighted by atomic mass is 31.1. The van der Waals surface area contributed by atoms with Crippen LogP contribution in [0.3, 0.4) is 0 Å². The molecule has 2 unspecified atom stereocenters. The molecule has 0 saturated carbocycles. The Morgan fingerprint density at radius 2 is 1.92 bits per heavy atom. The number of hydrogen-bond acceptors (Lipinski definition) is 6. The van der Waals surface area contributed by atoms with Crippen LogP contribution in [0.5, 0.6) is 11.5 Å². The number of aryl methyl sites for hydroxylation is 1. The number of rotatable bonds is 7. The fraction of sp³-hybridized carbons (Fsp3) is 0.444. The van der Waals surface area contributed by atoms with E-state index in [0.717, 1.165) is 0 Å². The molecule has 1 heterocycles. The Morgan fingerprint density at radius 3 is 2.42 bits per heavy atom. The molecule has 7 nitrogen and oxygen atoms in total. The first-order chi connectivity index (χ1) is 12.4. The molecule has 0 amide bonds. The number of hydrogen-bond donors (Lipinski definition) is 2. The largest absolute Gasteiger partial charge is 0.695 e. The number of ether oxygens (including phenoxy) is 1. The Balaban J connectivity index is 0.000000765. The van der Waals surface area contributed by atoms with Gasteiger partial charge in [0.1, 0.15) is 6.10 Å². The van der Waals surface area contributed by atoms with Gasteiger partial charge in [0, 0.05) is 29.6 Å². The molecule has 0 spiro atoms. The van der Waals surface area contributed by atoms with E-state index in [0.29, 0.717) is 16.8 Å². The van der Waals surface area contributed by atoms with Crippen molar-refractivity contribution in [3.8, 4) is 11.5 Å². The van der Waals surface area contributed by atoms with Gasteiger partial charge in [0.2, 0.25) is 0 Å². The summed E-state index contributed by atoms with van der Waals surface area (Å²) in [6.07, 6.45) is 6.83. The van der Waals surface area contributed by atoms with Crippen LogP contribution >= 0.6 is 8.25 Å². The number of benzene rings is 1. The van der Waals surface area contributed by atoms with Crippen LogP contribution in [0.15, 0.2) is 30.7 Å². The zero-order valence-corrected chi connectivity index (χ0v) is 16.4. The van der Waals surface area contributed by atoms with Gasteiger partial charge in [-0.1, -0.05) is 26.7 Å². The van der Waals surface area contributed by atoms with Crippen LogP contribution < -0.4 is 4.74 Å². The summed E-state index contributed by atoms with van der Waals surface area (Å²) in [6.45, 7) is 6.07. The molecule has 8 heteroatoms. The minimum absolute atomic E-state index is 0.0258. The van der Waals surface area contributed by atoms with Crippen molar-refractivity contribution in [1.29, 1.82) is 0 Å². The molecule has 142 valence electrons. The minimum atomic E-state index is -2.79. The third-order valence-electron chi connectivity index (χ3n) is 3.61. The van der Waals surface area contributed by atoms with Crippen molar-refractivity contribution in [3.05, 3.63) is 47.5 Å². The molecule has 2 rings (SSSR count). The molecule has 2 N–H and O–H groups in total. The molecule has 0 fully saturated rings. The Kier molecular flexibility index (Phi) is 9.73. The zero-order chi connectivity index (χ0) is 19.5. The van der Waals surface area contributed by atoms with Gasteiger partial charge < -0.3 is 9.84 Å².